The fraction of sp³-hybridized carbons (Fsp3) is 0.579. The number of hydrogen-bond acceptors (Lipinski definition) is 3. The first-order chi connectivity index (χ1) is 11.5. The quantitative estimate of drug-likeness (QED) is 0.895. The van der Waals surface area contributed by atoms with Crippen LogP contribution >= 0.6 is 0 Å². The minimum Gasteiger partial charge on any atom is -0.336 e. The number of carbonyl (C=O) groups is 2. The molecule has 1 aromatic carbocycles. The Bertz CT molecular complexity index is 599. The predicted octanol–water partition coefficient (Wildman–Crippen LogP) is 2.77. The summed E-state index contributed by atoms with van der Waals surface area (Å²) in [4.78, 5) is 26.8. The Morgan fingerprint density at radius 3 is 2.50 bits per heavy atom. The molecule has 1 saturated carbocycles. The lowest BCUT2D eigenvalue weighted by Gasteiger charge is -2.33. The van der Waals surface area contributed by atoms with Gasteiger partial charge in [-0.25, -0.2) is 0 Å². The van der Waals surface area contributed by atoms with Gasteiger partial charge in [0.15, 0.2) is 0 Å². The zero-order valence-electron chi connectivity index (χ0n) is 14.3. The molecule has 1 aliphatic carbocycles. The second-order valence-electron chi connectivity index (χ2n) is 7.18. The molecule has 1 heterocycles. The van der Waals surface area contributed by atoms with Crippen molar-refractivity contribution in [2.24, 2.45) is 11.7 Å². The van der Waals surface area contributed by atoms with Gasteiger partial charge in [0.1, 0.15) is 0 Å². The number of hydrogen-bond donors (Lipinski definition) is 2. The van der Waals surface area contributed by atoms with Crippen LogP contribution in [0.15, 0.2) is 24.3 Å². The standard InChI is InChI=1S/C19H27N3O2/c1-13-4-2-3-11-22(13)19(24)14-6-9-17(10-7-14)21-18(23)15-5-8-16(20)12-15/h6-7,9-10,13,15-16H,2-5,8,11-12,20H2,1H3,(H,21,23). The van der Waals surface area contributed by atoms with E-state index < -0.39 is 0 Å². The number of carbonyl (C=O) groups excluding carboxylic acids is 2. The highest BCUT2D eigenvalue weighted by molar-refractivity contribution is 5.96. The summed E-state index contributed by atoms with van der Waals surface area (Å²) in [6.45, 7) is 2.94. The summed E-state index contributed by atoms with van der Waals surface area (Å²) in [6.07, 6.45) is 5.88. The Labute approximate surface area is 143 Å². The number of likely N-dealkylation sites (tertiary alicyclic amines) is 1. The third-order valence-electron chi connectivity index (χ3n) is 5.31. The molecule has 5 heteroatoms. The van der Waals surface area contributed by atoms with Crippen molar-refractivity contribution in [1.29, 1.82) is 0 Å². The predicted molar refractivity (Wildman–Crippen MR) is 94.7 cm³/mol. The molecule has 1 saturated heterocycles. The van der Waals surface area contributed by atoms with Crippen LogP contribution in [0.25, 0.3) is 0 Å². The third kappa shape index (κ3) is 3.78. The molecule has 2 amide bonds. The zero-order valence-corrected chi connectivity index (χ0v) is 14.3. The lowest BCUT2D eigenvalue weighted by atomic mass is 10.0. The topological polar surface area (TPSA) is 75.4 Å². The highest BCUT2D eigenvalue weighted by atomic mass is 16.2. The van der Waals surface area contributed by atoms with Crippen LogP contribution in [0.4, 0.5) is 5.69 Å². The van der Waals surface area contributed by atoms with Crippen molar-refractivity contribution in [3.05, 3.63) is 29.8 Å². The van der Waals surface area contributed by atoms with Crippen molar-refractivity contribution in [3.63, 3.8) is 0 Å². The molecule has 1 aromatic rings. The first-order valence-electron chi connectivity index (χ1n) is 9.02. The number of nitrogens with two attached hydrogens (primary N) is 1. The van der Waals surface area contributed by atoms with Gasteiger partial charge < -0.3 is 16.0 Å². The molecule has 0 radical (unpaired) electrons. The van der Waals surface area contributed by atoms with E-state index in [1.165, 1.54) is 6.42 Å². The van der Waals surface area contributed by atoms with Gasteiger partial charge in [0.2, 0.25) is 5.91 Å². The Kier molecular flexibility index (Phi) is 5.19. The van der Waals surface area contributed by atoms with E-state index in [-0.39, 0.29) is 23.8 Å². The Morgan fingerprint density at radius 2 is 1.88 bits per heavy atom. The summed E-state index contributed by atoms with van der Waals surface area (Å²) in [5, 5.41) is 2.94. The average molecular weight is 329 g/mol. The number of nitrogens with zero attached hydrogens (tertiary/aromatic N) is 1. The number of benzene rings is 1. The van der Waals surface area contributed by atoms with Crippen LogP contribution in [-0.2, 0) is 4.79 Å². The van der Waals surface area contributed by atoms with Gasteiger partial charge >= 0.3 is 0 Å². The molecule has 130 valence electrons. The molecule has 3 N–H and O–H groups in total. The molecule has 0 bridgehead atoms. The van der Waals surface area contributed by atoms with Gasteiger partial charge in [0, 0.05) is 35.8 Å². The van der Waals surface area contributed by atoms with Crippen molar-refractivity contribution < 1.29 is 9.59 Å². The first-order valence-corrected chi connectivity index (χ1v) is 9.02. The van der Waals surface area contributed by atoms with E-state index in [1.54, 1.807) is 12.1 Å². The summed E-state index contributed by atoms with van der Waals surface area (Å²) in [7, 11) is 0. The van der Waals surface area contributed by atoms with E-state index in [9.17, 15) is 9.59 Å². The highest BCUT2D eigenvalue weighted by Gasteiger charge is 2.28. The van der Waals surface area contributed by atoms with Gasteiger partial charge in [0.25, 0.3) is 5.91 Å². The highest BCUT2D eigenvalue weighted by Crippen LogP contribution is 2.26. The lowest BCUT2D eigenvalue weighted by molar-refractivity contribution is -0.119. The van der Waals surface area contributed by atoms with Gasteiger partial charge in [0.05, 0.1) is 0 Å². The van der Waals surface area contributed by atoms with Crippen molar-refractivity contribution in [2.45, 2.75) is 57.5 Å². The largest absolute Gasteiger partial charge is 0.336 e. The molecular weight excluding hydrogens is 302 g/mol. The molecule has 3 rings (SSSR count). The molecule has 3 unspecified atom stereocenters. The molecule has 1 aliphatic heterocycles. The number of rotatable bonds is 3. The minimum atomic E-state index is 0.00973. The number of piperidine rings is 1. The van der Waals surface area contributed by atoms with E-state index in [4.69, 9.17) is 5.73 Å². The average Bonchev–Trinajstić information content (AvgIpc) is 3.02. The Hall–Kier alpha value is -1.88. The fourth-order valence-electron chi connectivity index (χ4n) is 3.76. The second-order valence-corrected chi connectivity index (χ2v) is 7.18. The zero-order chi connectivity index (χ0) is 17.1. The molecule has 0 spiro atoms. The molecule has 2 fully saturated rings. The Balaban J connectivity index is 1.60. The van der Waals surface area contributed by atoms with Gasteiger partial charge in [-0.2, -0.15) is 0 Å². The monoisotopic (exact) mass is 329 g/mol. The maximum absolute atomic E-state index is 12.6. The van der Waals surface area contributed by atoms with E-state index in [0.29, 0.717) is 11.6 Å². The van der Waals surface area contributed by atoms with E-state index in [1.807, 2.05) is 17.0 Å². The van der Waals surface area contributed by atoms with Crippen molar-refractivity contribution in [2.75, 3.05) is 11.9 Å². The Morgan fingerprint density at radius 1 is 1.12 bits per heavy atom. The van der Waals surface area contributed by atoms with E-state index in [0.717, 1.165) is 44.3 Å². The van der Waals surface area contributed by atoms with Crippen LogP contribution in [0.5, 0.6) is 0 Å². The summed E-state index contributed by atoms with van der Waals surface area (Å²) in [6, 6.07) is 7.69. The SMILES string of the molecule is CC1CCCCN1C(=O)c1ccc(NC(=O)C2CCC(N)C2)cc1. The summed E-state index contributed by atoms with van der Waals surface area (Å²) < 4.78 is 0. The molecule has 24 heavy (non-hydrogen) atoms. The van der Waals surface area contributed by atoms with Crippen LogP contribution in [0.2, 0.25) is 0 Å². The molecule has 0 aromatic heterocycles. The molecule has 2 aliphatic rings. The van der Waals surface area contributed by atoms with Crippen molar-refractivity contribution >= 4 is 17.5 Å². The smallest absolute Gasteiger partial charge is 0.254 e. The first kappa shape index (κ1) is 17.0. The number of nitrogens with one attached hydrogen (secondary N) is 1. The maximum atomic E-state index is 12.6. The van der Waals surface area contributed by atoms with E-state index >= 15 is 0 Å². The van der Waals surface area contributed by atoms with Crippen molar-refractivity contribution in [1.82, 2.24) is 4.90 Å². The third-order valence-corrected chi connectivity index (χ3v) is 5.31. The van der Waals surface area contributed by atoms with Crippen LogP contribution in [0.1, 0.15) is 55.8 Å². The van der Waals surface area contributed by atoms with Crippen molar-refractivity contribution in [3.8, 4) is 0 Å². The van der Waals surface area contributed by atoms with Gasteiger partial charge in [-0.15, -0.1) is 0 Å². The van der Waals surface area contributed by atoms with Crippen LogP contribution in [0.3, 0.4) is 0 Å². The molecule has 3 atom stereocenters. The number of amides is 2. The summed E-state index contributed by atoms with van der Waals surface area (Å²) in [5.41, 5.74) is 7.29. The van der Waals surface area contributed by atoms with Crippen LogP contribution in [-0.4, -0.2) is 35.3 Å². The minimum absolute atomic E-state index is 0.00973. The van der Waals surface area contributed by atoms with Gasteiger partial charge in [-0.1, -0.05) is 0 Å². The summed E-state index contributed by atoms with van der Waals surface area (Å²) >= 11 is 0. The van der Waals surface area contributed by atoms with Gasteiger partial charge in [-0.05, 0) is 69.7 Å². The maximum Gasteiger partial charge on any atom is 0.254 e. The lowest BCUT2D eigenvalue weighted by Crippen LogP contribution is -2.42. The normalized spacial score (nSPS) is 27.1. The fourth-order valence-corrected chi connectivity index (χ4v) is 3.76. The van der Waals surface area contributed by atoms with E-state index in [2.05, 4.69) is 12.2 Å². The van der Waals surface area contributed by atoms with Crippen LogP contribution < -0.4 is 11.1 Å². The van der Waals surface area contributed by atoms with Crippen LogP contribution in [0, 0.1) is 5.92 Å². The number of anilines is 1. The summed E-state index contributed by atoms with van der Waals surface area (Å²) in [5.74, 6) is 0.129. The second kappa shape index (κ2) is 7.34. The molecule has 5 nitrogen and oxygen atoms in total. The molecular formula is C19H27N3O2. The van der Waals surface area contributed by atoms with Gasteiger partial charge in [-0.3, -0.25) is 9.59 Å².